The number of nitriles is 1. The van der Waals surface area contributed by atoms with Crippen molar-refractivity contribution in [1.82, 2.24) is 10.2 Å². The molecule has 2 heterocycles. The highest BCUT2D eigenvalue weighted by atomic mass is 19.4. The predicted molar refractivity (Wildman–Crippen MR) is 91.6 cm³/mol. The Morgan fingerprint density at radius 2 is 2.07 bits per heavy atom. The molecule has 28 heavy (non-hydrogen) atoms. The molecular weight excluding hydrogens is 378 g/mol. The highest BCUT2D eigenvalue weighted by molar-refractivity contribution is 5.74. The number of amides is 2. The molecule has 3 rings (SSSR count). The maximum absolute atomic E-state index is 13.7. The molecule has 1 atom stereocenters. The van der Waals surface area contributed by atoms with Crippen LogP contribution in [0.15, 0.2) is 18.2 Å². The number of nitrogens with one attached hydrogen (secondary N) is 1. The number of alkyl halides is 3. The van der Waals surface area contributed by atoms with E-state index < -0.39 is 29.4 Å². The van der Waals surface area contributed by atoms with Gasteiger partial charge in [-0.15, -0.1) is 0 Å². The summed E-state index contributed by atoms with van der Waals surface area (Å²) in [4.78, 5) is 13.9. The summed E-state index contributed by atoms with van der Waals surface area (Å²) in [7, 11) is 0. The van der Waals surface area contributed by atoms with Gasteiger partial charge in [0.15, 0.2) is 0 Å². The van der Waals surface area contributed by atoms with Crippen molar-refractivity contribution in [2.45, 2.75) is 32.0 Å². The van der Waals surface area contributed by atoms with Crippen LogP contribution in [0.5, 0.6) is 0 Å². The third-order valence-electron chi connectivity index (χ3n) is 5.70. The zero-order valence-electron chi connectivity index (χ0n) is 15.2. The topological polar surface area (TPSA) is 65.4 Å². The van der Waals surface area contributed by atoms with E-state index in [1.54, 1.807) is 6.07 Å². The Hall–Kier alpha value is -2.34. The van der Waals surface area contributed by atoms with E-state index in [2.05, 4.69) is 5.32 Å². The molecule has 2 fully saturated rings. The van der Waals surface area contributed by atoms with E-state index in [0.717, 1.165) is 6.07 Å². The minimum absolute atomic E-state index is 0.0142. The van der Waals surface area contributed by atoms with Crippen molar-refractivity contribution in [1.29, 1.82) is 5.26 Å². The van der Waals surface area contributed by atoms with E-state index >= 15 is 0 Å². The number of hydrogen-bond donors (Lipinski definition) is 1. The maximum atomic E-state index is 13.7. The fraction of sp³-hybridized carbons (Fsp3) is 0.579. The lowest BCUT2D eigenvalue weighted by Gasteiger charge is -2.50. The van der Waals surface area contributed by atoms with Gasteiger partial charge < -0.3 is 15.0 Å². The van der Waals surface area contributed by atoms with E-state index in [-0.39, 0.29) is 57.7 Å². The van der Waals surface area contributed by atoms with Gasteiger partial charge in [-0.2, -0.15) is 18.4 Å². The number of halogens is 4. The molecule has 0 saturated carbocycles. The first-order chi connectivity index (χ1) is 13.2. The largest absolute Gasteiger partial charge is 0.392 e. The van der Waals surface area contributed by atoms with Crippen LogP contribution in [0.1, 0.15) is 30.4 Å². The molecule has 9 heteroatoms. The zero-order valence-corrected chi connectivity index (χ0v) is 15.2. The Labute approximate surface area is 160 Å². The first-order valence-electron chi connectivity index (χ1n) is 9.11. The van der Waals surface area contributed by atoms with Gasteiger partial charge in [-0.1, -0.05) is 6.07 Å². The molecule has 1 aromatic carbocycles. The summed E-state index contributed by atoms with van der Waals surface area (Å²) in [5, 5.41) is 11.4. The van der Waals surface area contributed by atoms with Crippen LogP contribution >= 0.6 is 0 Å². The Morgan fingerprint density at radius 1 is 1.36 bits per heavy atom. The lowest BCUT2D eigenvalue weighted by molar-refractivity contribution is -0.232. The molecule has 0 aromatic heterocycles. The minimum Gasteiger partial charge on any atom is -0.381 e. The van der Waals surface area contributed by atoms with E-state index in [9.17, 15) is 22.4 Å². The molecule has 2 saturated heterocycles. The fourth-order valence-electron chi connectivity index (χ4n) is 4.18. The van der Waals surface area contributed by atoms with Crippen LogP contribution in [0.25, 0.3) is 0 Å². The van der Waals surface area contributed by atoms with Crippen molar-refractivity contribution in [3.05, 3.63) is 35.1 Å². The fourth-order valence-corrected chi connectivity index (χ4v) is 4.18. The number of carbonyl (C=O) groups is 1. The number of urea groups is 1. The minimum atomic E-state index is -4.31. The summed E-state index contributed by atoms with van der Waals surface area (Å²) in [5.41, 5.74) is -0.645. The molecule has 2 aliphatic heterocycles. The molecule has 0 radical (unpaired) electrons. The number of likely N-dealkylation sites (tertiary alicyclic amines) is 1. The molecule has 2 aliphatic rings. The second-order valence-electron chi connectivity index (χ2n) is 7.36. The third kappa shape index (κ3) is 4.22. The smallest absolute Gasteiger partial charge is 0.381 e. The molecule has 1 spiro atoms. The van der Waals surface area contributed by atoms with E-state index in [1.807, 2.05) is 0 Å². The highest BCUT2D eigenvalue weighted by Gasteiger charge is 2.56. The maximum Gasteiger partial charge on any atom is 0.392 e. The number of piperidine rings is 1. The van der Waals surface area contributed by atoms with Gasteiger partial charge in [-0.05, 0) is 37.0 Å². The normalized spacial score (nSPS) is 22.0. The van der Waals surface area contributed by atoms with E-state index in [1.165, 1.54) is 17.0 Å². The predicted octanol–water partition coefficient (Wildman–Crippen LogP) is 3.59. The van der Waals surface area contributed by atoms with Crippen molar-refractivity contribution < 1.29 is 27.1 Å². The van der Waals surface area contributed by atoms with Gasteiger partial charge in [0.2, 0.25) is 0 Å². The van der Waals surface area contributed by atoms with E-state index in [0.29, 0.717) is 5.56 Å². The van der Waals surface area contributed by atoms with Crippen molar-refractivity contribution in [3.63, 3.8) is 0 Å². The molecule has 0 aliphatic carbocycles. The Balaban J connectivity index is 1.66. The van der Waals surface area contributed by atoms with Crippen molar-refractivity contribution in [2.75, 3.05) is 26.3 Å². The van der Waals surface area contributed by atoms with Gasteiger partial charge in [-0.3, -0.25) is 0 Å². The molecule has 1 unspecified atom stereocenters. The van der Waals surface area contributed by atoms with Gasteiger partial charge in [0.05, 0.1) is 11.5 Å². The molecular formula is C19H21F4N3O2. The summed E-state index contributed by atoms with van der Waals surface area (Å²) in [6.07, 6.45) is -3.91. The summed E-state index contributed by atoms with van der Waals surface area (Å²) < 4.78 is 59.6. The average Bonchev–Trinajstić information content (AvgIpc) is 2.65. The van der Waals surface area contributed by atoms with Crippen LogP contribution in [0.2, 0.25) is 0 Å². The van der Waals surface area contributed by atoms with Crippen LogP contribution in [0, 0.1) is 28.5 Å². The average molecular weight is 399 g/mol. The van der Waals surface area contributed by atoms with Crippen molar-refractivity contribution in [2.24, 2.45) is 11.3 Å². The SMILES string of the molecule is N#Cc1ccc(CNC(=O)N2CCC(C(F)(F)F)C3(CCOCC3)C2)cc1F. The summed E-state index contributed by atoms with van der Waals surface area (Å²) >= 11 is 0. The lowest BCUT2D eigenvalue weighted by Crippen LogP contribution is -2.58. The highest BCUT2D eigenvalue weighted by Crippen LogP contribution is 2.50. The first-order valence-corrected chi connectivity index (χ1v) is 9.11. The van der Waals surface area contributed by atoms with Gasteiger partial charge >= 0.3 is 12.2 Å². The first kappa shape index (κ1) is 20.4. The van der Waals surface area contributed by atoms with Gasteiger partial charge in [0.1, 0.15) is 11.9 Å². The molecule has 0 bridgehead atoms. The monoisotopic (exact) mass is 399 g/mol. The lowest BCUT2D eigenvalue weighted by atomic mass is 9.66. The second-order valence-corrected chi connectivity index (χ2v) is 7.36. The van der Waals surface area contributed by atoms with Crippen molar-refractivity contribution in [3.8, 4) is 6.07 Å². The zero-order chi connectivity index (χ0) is 20.4. The number of rotatable bonds is 2. The molecule has 2 amide bonds. The van der Waals surface area contributed by atoms with Crippen LogP contribution in [0.3, 0.4) is 0 Å². The Morgan fingerprint density at radius 3 is 2.68 bits per heavy atom. The van der Waals surface area contributed by atoms with Gasteiger partial charge in [0.25, 0.3) is 0 Å². The number of benzene rings is 1. The number of ether oxygens (including phenoxy) is 1. The third-order valence-corrected chi connectivity index (χ3v) is 5.70. The van der Waals surface area contributed by atoms with Crippen molar-refractivity contribution >= 4 is 6.03 Å². The van der Waals surface area contributed by atoms with Gasteiger partial charge in [0, 0.05) is 38.3 Å². The summed E-state index contributed by atoms with van der Waals surface area (Å²) in [6, 6.07) is 5.25. The molecule has 1 aromatic rings. The summed E-state index contributed by atoms with van der Waals surface area (Å²) in [5.74, 6) is -2.12. The molecule has 152 valence electrons. The van der Waals surface area contributed by atoms with Crippen LogP contribution in [-0.4, -0.2) is 43.4 Å². The Bertz CT molecular complexity index is 769. The van der Waals surface area contributed by atoms with Crippen LogP contribution in [0.4, 0.5) is 22.4 Å². The number of hydrogen-bond acceptors (Lipinski definition) is 3. The quantitative estimate of drug-likeness (QED) is 0.773. The number of nitrogens with zero attached hydrogens (tertiary/aromatic N) is 2. The summed E-state index contributed by atoms with van der Waals surface area (Å²) in [6.45, 7) is 0.574. The van der Waals surface area contributed by atoms with Crippen LogP contribution in [-0.2, 0) is 11.3 Å². The van der Waals surface area contributed by atoms with Gasteiger partial charge in [-0.25, -0.2) is 9.18 Å². The van der Waals surface area contributed by atoms with Crippen LogP contribution < -0.4 is 5.32 Å². The molecule has 5 nitrogen and oxygen atoms in total. The van der Waals surface area contributed by atoms with E-state index in [4.69, 9.17) is 10.00 Å². The second kappa shape index (κ2) is 7.95. The molecule has 1 N–H and O–H groups in total. The standard InChI is InChI=1S/C19H21F4N3O2/c20-15-9-13(1-2-14(15)10-24)11-25-17(27)26-6-3-16(19(21,22)23)18(12-26)4-7-28-8-5-18/h1-2,9,16H,3-8,11-12H2,(H,25,27). The number of carbonyl (C=O) groups excluding carboxylic acids is 1. The Kier molecular flexibility index (Phi) is 5.79.